The van der Waals surface area contributed by atoms with E-state index in [9.17, 15) is 0 Å². The molecule has 2 unspecified atom stereocenters. The van der Waals surface area contributed by atoms with Crippen molar-refractivity contribution < 1.29 is 0 Å². The fourth-order valence-electron chi connectivity index (χ4n) is 5.95. The summed E-state index contributed by atoms with van der Waals surface area (Å²) < 4.78 is 0. The van der Waals surface area contributed by atoms with Gasteiger partial charge in [0.2, 0.25) is 0 Å². The summed E-state index contributed by atoms with van der Waals surface area (Å²) in [6.45, 7) is 9.64. The summed E-state index contributed by atoms with van der Waals surface area (Å²) in [5.74, 6) is 1.91. The largest absolute Gasteiger partial charge is 0.0654 e. The first kappa shape index (κ1) is 36.0. The number of rotatable bonds is 31. The van der Waals surface area contributed by atoms with Gasteiger partial charge in [0.1, 0.15) is 0 Å². The Morgan fingerprint density at radius 1 is 0.250 bits per heavy atom. The van der Waals surface area contributed by atoms with Crippen molar-refractivity contribution >= 4 is 0 Å². The molecular weight excluding hydrogens is 432 g/mol. The molecule has 36 heavy (non-hydrogen) atoms. The molecule has 0 radical (unpaired) electrons. The zero-order valence-electron chi connectivity index (χ0n) is 26.4. The van der Waals surface area contributed by atoms with E-state index >= 15 is 0 Å². The van der Waals surface area contributed by atoms with E-state index in [0.29, 0.717) is 0 Å². The van der Waals surface area contributed by atoms with E-state index in [0.717, 1.165) is 11.8 Å². The second-order valence-electron chi connectivity index (χ2n) is 12.9. The van der Waals surface area contributed by atoms with Gasteiger partial charge in [0.15, 0.2) is 0 Å². The zero-order valence-corrected chi connectivity index (χ0v) is 26.4. The predicted molar refractivity (Wildman–Crippen MR) is 168 cm³/mol. The Bertz CT molecular complexity index is 372. The van der Waals surface area contributed by atoms with Gasteiger partial charge < -0.3 is 0 Å². The highest BCUT2D eigenvalue weighted by Gasteiger charge is 2.06. The van der Waals surface area contributed by atoms with Gasteiger partial charge in [-0.2, -0.15) is 0 Å². The Labute approximate surface area is 232 Å². The van der Waals surface area contributed by atoms with Crippen LogP contribution in [-0.4, -0.2) is 0 Å². The molecule has 0 aromatic rings. The minimum absolute atomic E-state index is 0.955. The molecule has 0 aliphatic heterocycles. The Balaban J connectivity index is 3.26. The van der Waals surface area contributed by atoms with Crippen LogP contribution in [0.15, 0.2) is 0 Å². The van der Waals surface area contributed by atoms with Crippen LogP contribution < -0.4 is 0 Å². The molecule has 0 heteroatoms. The van der Waals surface area contributed by atoms with E-state index in [1.54, 1.807) is 0 Å². The summed E-state index contributed by atoms with van der Waals surface area (Å²) in [5, 5.41) is 0. The van der Waals surface area contributed by atoms with Gasteiger partial charge in [-0.15, -0.1) is 0 Å². The summed E-state index contributed by atoms with van der Waals surface area (Å²) in [6.07, 6.45) is 44.1. The number of unbranched alkanes of at least 4 members (excludes halogenated alkanes) is 23. The highest BCUT2D eigenvalue weighted by Crippen LogP contribution is 2.22. The van der Waals surface area contributed by atoms with E-state index in [1.807, 2.05) is 0 Å². The molecular formula is C36H74. The molecule has 0 spiro atoms. The first-order valence-corrected chi connectivity index (χ1v) is 17.7. The van der Waals surface area contributed by atoms with E-state index in [1.165, 1.54) is 193 Å². The van der Waals surface area contributed by atoms with Gasteiger partial charge in [-0.3, -0.25) is 0 Å². The summed E-state index contributed by atoms with van der Waals surface area (Å²) in [4.78, 5) is 0. The Morgan fingerprint density at radius 2 is 0.444 bits per heavy atom. The maximum absolute atomic E-state index is 2.51. The summed E-state index contributed by atoms with van der Waals surface area (Å²) in [6, 6.07) is 0. The SMILES string of the molecule is CCCCCCCCCCCCCCCC(C)CCCC(C)CCCCCCCCCCCCCC. The third-order valence-corrected chi connectivity index (χ3v) is 8.74. The van der Waals surface area contributed by atoms with Crippen LogP contribution in [0, 0.1) is 11.8 Å². The third-order valence-electron chi connectivity index (χ3n) is 8.74. The van der Waals surface area contributed by atoms with Crippen LogP contribution in [0.25, 0.3) is 0 Å². The fourth-order valence-corrected chi connectivity index (χ4v) is 5.95. The molecule has 2 atom stereocenters. The van der Waals surface area contributed by atoms with Crippen LogP contribution in [0.1, 0.15) is 220 Å². The van der Waals surface area contributed by atoms with Gasteiger partial charge in [0.05, 0.1) is 0 Å². The van der Waals surface area contributed by atoms with E-state index < -0.39 is 0 Å². The van der Waals surface area contributed by atoms with Crippen molar-refractivity contribution in [3.05, 3.63) is 0 Å². The lowest BCUT2D eigenvalue weighted by atomic mass is 9.92. The lowest BCUT2D eigenvalue weighted by molar-refractivity contribution is 0.390. The molecule has 0 rings (SSSR count). The number of hydrogen-bond donors (Lipinski definition) is 0. The minimum Gasteiger partial charge on any atom is -0.0654 e. The maximum Gasteiger partial charge on any atom is -0.0443 e. The summed E-state index contributed by atoms with van der Waals surface area (Å²) in [7, 11) is 0. The Kier molecular flexibility index (Phi) is 31.2. The smallest absolute Gasteiger partial charge is 0.0443 e. The van der Waals surface area contributed by atoms with Gasteiger partial charge in [-0.1, -0.05) is 220 Å². The van der Waals surface area contributed by atoms with Crippen LogP contribution >= 0.6 is 0 Å². The quantitative estimate of drug-likeness (QED) is 0.0820. The van der Waals surface area contributed by atoms with E-state index in [-0.39, 0.29) is 0 Å². The first-order chi connectivity index (χ1) is 17.7. The van der Waals surface area contributed by atoms with E-state index in [4.69, 9.17) is 0 Å². The monoisotopic (exact) mass is 507 g/mol. The van der Waals surface area contributed by atoms with Gasteiger partial charge in [0, 0.05) is 0 Å². The molecule has 0 aliphatic carbocycles. The predicted octanol–water partition coefficient (Wildman–Crippen LogP) is 14.0. The Hall–Kier alpha value is 0. The van der Waals surface area contributed by atoms with Crippen LogP contribution in [0.3, 0.4) is 0 Å². The van der Waals surface area contributed by atoms with Gasteiger partial charge in [-0.05, 0) is 11.8 Å². The number of hydrogen-bond acceptors (Lipinski definition) is 0. The highest BCUT2D eigenvalue weighted by molar-refractivity contribution is 4.59. The fraction of sp³-hybridized carbons (Fsp3) is 1.00. The summed E-state index contributed by atoms with van der Waals surface area (Å²) in [5.41, 5.74) is 0. The average Bonchev–Trinajstić information content (AvgIpc) is 2.87. The lowest BCUT2D eigenvalue weighted by Crippen LogP contribution is -1.99. The van der Waals surface area contributed by atoms with Crippen LogP contribution in [-0.2, 0) is 0 Å². The highest BCUT2D eigenvalue weighted by atomic mass is 14.1. The molecule has 0 heterocycles. The molecule has 218 valence electrons. The molecule has 0 aliphatic rings. The minimum atomic E-state index is 0.955. The molecule has 0 aromatic heterocycles. The molecule has 0 N–H and O–H groups in total. The third kappa shape index (κ3) is 30.2. The average molecular weight is 507 g/mol. The molecule has 0 saturated heterocycles. The van der Waals surface area contributed by atoms with Gasteiger partial charge >= 0.3 is 0 Å². The van der Waals surface area contributed by atoms with E-state index in [2.05, 4.69) is 27.7 Å². The molecule has 0 amide bonds. The topological polar surface area (TPSA) is 0 Å². The van der Waals surface area contributed by atoms with Gasteiger partial charge in [0.25, 0.3) is 0 Å². The van der Waals surface area contributed by atoms with Crippen molar-refractivity contribution in [1.29, 1.82) is 0 Å². The van der Waals surface area contributed by atoms with Crippen molar-refractivity contribution in [1.82, 2.24) is 0 Å². The van der Waals surface area contributed by atoms with Crippen molar-refractivity contribution in [2.45, 2.75) is 220 Å². The van der Waals surface area contributed by atoms with Crippen molar-refractivity contribution in [3.8, 4) is 0 Å². The molecule has 0 saturated carbocycles. The molecule has 0 bridgehead atoms. The maximum atomic E-state index is 2.51. The first-order valence-electron chi connectivity index (χ1n) is 17.7. The molecule has 0 nitrogen and oxygen atoms in total. The van der Waals surface area contributed by atoms with Gasteiger partial charge in [-0.25, -0.2) is 0 Å². The van der Waals surface area contributed by atoms with Crippen molar-refractivity contribution in [2.24, 2.45) is 11.8 Å². The normalized spacial score (nSPS) is 13.3. The lowest BCUT2D eigenvalue weighted by Gasteiger charge is -2.14. The second kappa shape index (κ2) is 31.2. The van der Waals surface area contributed by atoms with Crippen LogP contribution in [0.2, 0.25) is 0 Å². The zero-order chi connectivity index (χ0) is 26.4. The molecule has 0 aromatic carbocycles. The van der Waals surface area contributed by atoms with Crippen LogP contribution in [0.5, 0.6) is 0 Å². The Morgan fingerprint density at radius 3 is 0.694 bits per heavy atom. The van der Waals surface area contributed by atoms with Crippen molar-refractivity contribution in [2.75, 3.05) is 0 Å². The van der Waals surface area contributed by atoms with Crippen LogP contribution in [0.4, 0.5) is 0 Å². The summed E-state index contributed by atoms with van der Waals surface area (Å²) >= 11 is 0. The molecule has 0 fully saturated rings. The standard InChI is InChI=1S/C36H74/c1-5-7-9-11-13-15-17-19-21-23-25-27-29-32-36(4)34-30-33-35(3)31-28-26-24-22-20-18-16-14-12-10-8-6-2/h35-36H,5-34H2,1-4H3. The van der Waals surface area contributed by atoms with Crippen molar-refractivity contribution in [3.63, 3.8) is 0 Å². The second-order valence-corrected chi connectivity index (χ2v) is 12.9.